The lowest BCUT2D eigenvalue weighted by Crippen LogP contribution is -2.30. The Hall–Kier alpha value is -2.36. The highest BCUT2D eigenvalue weighted by Crippen LogP contribution is 2.04. The Morgan fingerprint density at radius 3 is 2.88 bits per heavy atom. The van der Waals surface area contributed by atoms with Gasteiger partial charge in [-0.2, -0.15) is 9.99 Å². The highest BCUT2D eigenvalue weighted by molar-refractivity contribution is 5.88. The lowest BCUT2D eigenvalue weighted by Gasteiger charge is -2.09. The molecule has 1 aromatic rings. The van der Waals surface area contributed by atoms with Gasteiger partial charge in [0.2, 0.25) is 0 Å². The predicted octanol–water partition coefficient (Wildman–Crippen LogP) is -0.0433. The van der Waals surface area contributed by atoms with Crippen LogP contribution in [0.25, 0.3) is 0 Å². The quantitative estimate of drug-likeness (QED) is 0.538. The van der Waals surface area contributed by atoms with Gasteiger partial charge in [-0.15, -0.1) is 0 Å². The van der Waals surface area contributed by atoms with E-state index in [1.54, 1.807) is 13.0 Å². The molecule has 0 fully saturated rings. The van der Waals surface area contributed by atoms with E-state index in [1.807, 2.05) is 0 Å². The molecule has 0 bridgehead atoms. The van der Waals surface area contributed by atoms with Crippen LogP contribution >= 0.6 is 0 Å². The standard InChI is InChI=1S/C9H10N4O3/c1-3-16-9(14)7-5(2)12-6(4-10)8(11)13(7)15/h11,15H,3H2,1-2H3. The smallest absolute Gasteiger partial charge is 0.360 e. The first-order valence-electron chi connectivity index (χ1n) is 4.47. The first-order chi connectivity index (χ1) is 7.52. The van der Waals surface area contributed by atoms with E-state index in [0.717, 1.165) is 0 Å². The largest absolute Gasteiger partial charge is 0.461 e. The van der Waals surface area contributed by atoms with Crippen molar-refractivity contribution in [2.45, 2.75) is 13.8 Å². The van der Waals surface area contributed by atoms with Crippen LogP contribution in [0.15, 0.2) is 0 Å². The van der Waals surface area contributed by atoms with Crippen molar-refractivity contribution in [2.24, 2.45) is 0 Å². The van der Waals surface area contributed by atoms with Crippen LogP contribution in [0.2, 0.25) is 0 Å². The summed E-state index contributed by atoms with van der Waals surface area (Å²) in [6, 6.07) is 1.64. The molecule has 0 saturated carbocycles. The zero-order chi connectivity index (χ0) is 12.3. The SMILES string of the molecule is CCOC(=O)c1c(C)nc(C#N)c(=N)n1O. The summed E-state index contributed by atoms with van der Waals surface area (Å²) in [6.45, 7) is 3.21. The number of nitrogens with one attached hydrogen (secondary N) is 1. The van der Waals surface area contributed by atoms with Crippen molar-refractivity contribution >= 4 is 5.97 Å². The number of nitrogens with zero attached hydrogens (tertiary/aromatic N) is 3. The van der Waals surface area contributed by atoms with Crippen LogP contribution in [0.5, 0.6) is 0 Å². The van der Waals surface area contributed by atoms with Crippen LogP contribution in [0, 0.1) is 23.7 Å². The van der Waals surface area contributed by atoms with Gasteiger partial charge < -0.3 is 9.94 Å². The van der Waals surface area contributed by atoms with Crippen molar-refractivity contribution in [3.05, 3.63) is 22.6 Å². The topological polar surface area (TPSA) is 112 Å². The molecule has 1 aromatic heterocycles. The van der Waals surface area contributed by atoms with Gasteiger partial charge in [0.15, 0.2) is 16.9 Å². The van der Waals surface area contributed by atoms with Crippen LogP contribution in [0.1, 0.15) is 28.8 Å². The highest BCUT2D eigenvalue weighted by Gasteiger charge is 2.19. The number of aryl methyl sites for hydroxylation is 1. The zero-order valence-electron chi connectivity index (χ0n) is 8.81. The third-order valence-corrected chi connectivity index (χ3v) is 1.84. The van der Waals surface area contributed by atoms with Crippen LogP contribution in [0.4, 0.5) is 0 Å². The van der Waals surface area contributed by atoms with Crippen LogP contribution in [0.3, 0.4) is 0 Å². The number of hydrogen-bond donors (Lipinski definition) is 2. The van der Waals surface area contributed by atoms with Gasteiger partial charge in [-0.3, -0.25) is 5.41 Å². The van der Waals surface area contributed by atoms with Crippen LogP contribution in [-0.4, -0.2) is 27.5 Å². The number of carbonyl (C=O) groups excluding carboxylic acids is 1. The molecule has 84 valence electrons. The van der Waals surface area contributed by atoms with Crippen molar-refractivity contribution < 1.29 is 14.7 Å². The molecule has 0 amide bonds. The Kier molecular flexibility index (Phi) is 3.25. The monoisotopic (exact) mass is 222 g/mol. The van der Waals surface area contributed by atoms with Crippen LogP contribution in [-0.2, 0) is 4.74 Å². The Balaban J connectivity index is 3.44. The Bertz CT molecular complexity index is 527. The third kappa shape index (κ3) is 1.86. The molecule has 7 heteroatoms. The van der Waals surface area contributed by atoms with E-state index < -0.39 is 11.5 Å². The first-order valence-corrected chi connectivity index (χ1v) is 4.47. The van der Waals surface area contributed by atoms with Gasteiger partial charge in [-0.25, -0.2) is 9.78 Å². The summed E-state index contributed by atoms with van der Waals surface area (Å²) in [5.41, 5.74) is -0.913. The number of hydrogen-bond acceptors (Lipinski definition) is 6. The number of carbonyl (C=O) groups is 1. The molecule has 0 aromatic carbocycles. The molecule has 7 nitrogen and oxygen atoms in total. The van der Waals surface area contributed by atoms with Gasteiger partial charge in [0.25, 0.3) is 0 Å². The van der Waals surface area contributed by atoms with Gasteiger partial charge >= 0.3 is 5.97 Å². The van der Waals surface area contributed by atoms with Crippen molar-refractivity contribution in [3.8, 4) is 6.07 Å². The fourth-order valence-corrected chi connectivity index (χ4v) is 1.15. The number of esters is 1. The molecule has 1 rings (SSSR count). The maximum absolute atomic E-state index is 11.4. The summed E-state index contributed by atoms with van der Waals surface area (Å²) < 4.78 is 5.00. The highest BCUT2D eigenvalue weighted by atomic mass is 16.5. The second-order valence-corrected chi connectivity index (χ2v) is 2.89. The molecule has 0 atom stereocenters. The van der Waals surface area contributed by atoms with E-state index in [4.69, 9.17) is 15.4 Å². The molecule has 0 radical (unpaired) electrons. The van der Waals surface area contributed by atoms with Gasteiger partial charge in [0.1, 0.15) is 6.07 Å². The predicted molar refractivity (Wildman–Crippen MR) is 50.7 cm³/mol. The minimum Gasteiger partial charge on any atom is -0.461 e. The molecular formula is C9H10N4O3. The van der Waals surface area contributed by atoms with E-state index in [-0.39, 0.29) is 23.7 Å². The van der Waals surface area contributed by atoms with E-state index >= 15 is 0 Å². The first kappa shape index (κ1) is 11.7. The van der Waals surface area contributed by atoms with Crippen molar-refractivity contribution in [3.63, 3.8) is 0 Å². The fraction of sp³-hybridized carbons (Fsp3) is 0.333. The molecule has 2 N–H and O–H groups in total. The Morgan fingerprint density at radius 2 is 2.38 bits per heavy atom. The molecule has 0 aliphatic heterocycles. The average molecular weight is 222 g/mol. The van der Waals surface area contributed by atoms with Crippen LogP contribution < -0.4 is 5.49 Å². The van der Waals surface area contributed by atoms with E-state index in [0.29, 0.717) is 4.73 Å². The summed E-state index contributed by atoms with van der Waals surface area (Å²) in [6.07, 6.45) is 0. The van der Waals surface area contributed by atoms with Gasteiger partial charge in [-0.05, 0) is 13.8 Å². The summed E-state index contributed by atoms with van der Waals surface area (Å²) in [5, 5.41) is 25.5. The van der Waals surface area contributed by atoms with Crippen molar-refractivity contribution in [1.29, 1.82) is 10.7 Å². The minimum absolute atomic E-state index is 0.133. The minimum atomic E-state index is -0.784. The summed E-state index contributed by atoms with van der Waals surface area (Å²) >= 11 is 0. The van der Waals surface area contributed by atoms with Gasteiger partial charge in [0.05, 0.1) is 12.3 Å². The molecular weight excluding hydrogens is 212 g/mol. The second kappa shape index (κ2) is 4.44. The molecule has 0 aliphatic carbocycles. The third-order valence-electron chi connectivity index (χ3n) is 1.84. The summed E-state index contributed by atoms with van der Waals surface area (Å²) in [4.78, 5) is 15.2. The molecule has 16 heavy (non-hydrogen) atoms. The van der Waals surface area contributed by atoms with E-state index in [1.165, 1.54) is 6.92 Å². The normalized spacial score (nSPS) is 9.56. The lowest BCUT2D eigenvalue weighted by atomic mass is 10.3. The number of aromatic nitrogens is 2. The molecule has 0 aliphatic rings. The number of rotatable bonds is 2. The van der Waals surface area contributed by atoms with Crippen molar-refractivity contribution in [2.75, 3.05) is 6.61 Å². The molecule has 1 heterocycles. The summed E-state index contributed by atoms with van der Waals surface area (Å²) in [7, 11) is 0. The number of ether oxygens (including phenoxy) is 1. The molecule has 0 spiro atoms. The van der Waals surface area contributed by atoms with Gasteiger partial charge in [-0.1, -0.05) is 0 Å². The van der Waals surface area contributed by atoms with Crippen molar-refractivity contribution in [1.82, 2.24) is 9.71 Å². The maximum atomic E-state index is 11.4. The average Bonchev–Trinajstić information content (AvgIpc) is 2.24. The van der Waals surface area contributed by atoms with E-state index in [9.17, 15) is 10.0 Å². The van der Waals surface area contributed by atoms with E-state index in [2.05, 4.69) is 4.98 Å². The Labute approximate surface area is 91.0 Å². The second-order valence-electron chi connectivity index (χ2n) is 2.89. The molecule has 0 unspecified atom stereocenters. The molecule has 0 saturated heterocycles. The Morgan fingerprint density at radius 1 is 1.75 bits per heavy atom. The fourth-order valence-electron chi connectivity index (χ4n) is 1.15. The maximum Gasteiger partial charge on any atom is 0.360 e. The number of nitriles is 1. The van der Waals surface area contributed by atoms with Gasteiger partial charge in [0, 0.05) is 0 Å². The zero-order valence-corrected chi connectivity index (χ0v) is 8.81. The summed E-state index contributed by atoms with van der Waals surface area (Å²) in [5.74, 6) is -0.784. The lowest BCUT2D eigenvalue weighted by molar-refractivity contribution is 0.0460.